The molecule has 0 atom stereocenters. The molecule has 22 heavy (non-hydrogen) atoms. The summed E-state index contributed by atoms with van der Waals surface area (Å²) in [5.74, 6) is 0.0276. The minimum atomic E-state index is -1.04. The molecule has 2 aromatic heterocycles. The van der Waals surface area contributed by atoms with Crippen molar-refractivity contribution in [3.8, 4) is 11.7 Å². The first kappa shape index (κ1) is 13.7. The van der Waals surface area contributed by atoms with Gasteiger partial charge >= 0.3 is 5.97 Å². The highest BCUT2D eigenvalue weighted by Gasteiger charge is 2.08. The number of para-hydroxylation sites is 1. The molecule has 0 fully saturated rings. The lowest BCUT2D eigenvalue weighted by atomic mass is 10.3. The lowest BCUT2D eigenvalue weighted by Gasteiger charge is -2.06. The number of hydrogen-bond acceptors (Lipinski definition) is 5. The van der Waals surface area contributed by atoms with Crippen molar-refractivity contribution in [2.24, 2.45) is 0 Å². The minimum absolute atomic E-state index is 0.0834. The summed E-state index contributed by atoms with van der Waals surface area (Å²) in [6.07, 6.45) is 5.84. The van der Waals surface area contributed by atoms with E-state index in [2.05, 4.69) is 15.1 Å². The Bertz CT molecular complexity index is 769. The molecule has 2 heterocycles. The van der Waals surface area contributed by atoms with Crippen LogP contribution in [0.25, 0.3) is 5.95 Å². The van der Waals surface area contributed by atoms with E-state index in [9.17, 15) is 4.79 Å². The second-order valence-corrected chi connectivity index (χ2v) is 4.47. The Morgan fingerprint density at radius 1 is 1.14 bits per heavy atom. The second kappa shape index (κ2) is 6.04. The molecule has 0 unspecified atom stereocenters. The number of nitrogens with zero attached hydrogens (tertiary/aromatic N) is 4. The van der Waals surface area contributed by atoms with Gasteiger partial charge in [0.2, 0.25) is 5.95 Å². The summed E-state index contributed by atoms with van der Waals surface area (Å²) >= 11 is 0. The number of carboxylic acids is 1. The van der Waals surface area contributed by atoms with Crippen LogP contribution in [0.4, 0.5) is 0 Å². The first-order valence-corrected chi connectivity index (χ1v) is 6.49. The molecule has 3 aromatic rings. The van der Waals surface area contributed by atoms with E-state index < -0.39 is 5.97 Å². The van der Waals surface area contributed by atoms with Crippen molar-refractivity contribution in [3.63, 3.8) is 0 Å². The molecule has 0 aliphatic carbocycles. The SMILES string of the molecule is O=C(O)c1cnn(-c2ncc(COc3ccccc3)cn2)c1. The molecule has 3 rings (SSSR count). The lowest BCUT2D eigenvalue weighted by molar-refractivity contribution is 0.0697. The summed E-state index contributed by atoms with van der Waals surface area (Å²) < 4.78 is 6.90. The molecule has 110 valence electrons. The standard InChI is InChI=1S/C15H12N4O3/c20-14(21)12-8-18-19(9-12)15-16-6-11(7-17-15)10-22-13-4-2-1-3-5-13/h1-9H,10H2,(H,20,21). The zero-order chi connectivity index (χ0) is 15.4. The second-order valence-electron chi connectivity index (χ2n) is 4.47. The zero-order valence-electron chi connectivity index (χ0n) is 11.5. The highest BCUT2D eigenvalue weighted by molar-refractivity contribution is 5.86. The molecule has 0 saturated carbocycles. The van der Waals surface area contributed by atoms with Gasteiger partial charge in [-0.05, 0) is 12.1 Å². The average Bonchev–Trinajstić information content (AvgIpc) is 3.05. The number of benzene rings is 1. The van der Waals surface area contributed by atoms with E-state index in [4.69, 9.17) is 9.84 Å². The summed E-state index contributed by atoms with van der Waals surface area (Å²) in [6.45, 7) is 0.351. The molecule has 0 radical (unpaired) electrons. The van der Waals surface area contributed by atoms with Crippen LogP contribution in [0.3, 0.4) is 0 Å². The van der Waals surface area contributed by atoms with E-state index >= 15 is 0 Å². The normalized spacial score (nSPS) is 10.4. The monoisotopic (exact) mass is 296 g/mol. The summed E-state index contributed by atoms with van der Waals surface area (Å²) in [6, 6.07) is 9.44. The van der Waals surface area contributed by atoms with Crippen LogP contribution in [0.5, 0.6) is 5.75 Å². The van der Waals surface area contributed by atoms with E-state index in [-0.39, 0.29) is 5.56 Å². The van der Waals surface area contributed by atoms with Crippen LogP contribution < -0.4 is 4.74 Å². The first-order chi connectivity index (χ1) is 10.7. The first-order valence-electron chi connectivity index (χ1n) is 6.49. The molecular formula is C15H12N4O3. The van der Waals surface area contributed by atoms with Crippen LogP contribution in [0, 0.1) is 0 Å². The fourth-order valence-electron chi connectivity index (χ4n) is 1.77. The van der Waals surface area contributed by atoms with Crippen LogP contribution in [0.1, 0.15) is 15.9 Å². The maximum Gasteiger partial charge on any atom is 0.338 e. The molecule has 0 aliphatic heterocycles. The average molecular weight is 296 g/mol. The van der Waals surface area contributed by atoms with Crippen LogP contribution in [0.15, 0.2) is 55.1 Å². The van der Waals surface area contributed by atoms with Crippen LogP contribution in [0.2, 0.25) is 0 Å². The summed E-state index contributed by atoms with van der Waals surface area (Å²) in [5, 5.41) is 12.8. The number of ether oxygens (including phenoxy) is 1. The number of carboxylic acid groups (broad SMARTS) is 1. The van der Waals surface area contributed by atoms with Crippen molar-refractivity contribution >= 4 is 5.97 Å². The Kier molecular flexibility index (Phi) is 3.78. The summed E-state index contributed by atoms with van der Waals surface area (Å²) in [7, 11) is 0. The molecule has 1 N–H and O–H groups in total. The fraction of sp³-hybridized carbons (Fsp3) is 0.0667. The molecule has 0 aliphatic rings. The van der Waals surface area contributed by atoms with Crippen LogP contribution >= 0.6 is 0 Å². The number of aromatic nitrogens is 4. The molecule has 0 saturated heterocycles. The molecule has 0 amide bonds. The van der Waals surface area contributed by atoms with Gasteiger partial charge in [0.1, 0.15) is 12.4 Å². The number of hydrogen-bond donors (Lipinski definition) is 1. The topological polar surface area (TPSA) is 90.1 Å². The van der Waals surface area contributed by atoms with E-state index in [1.54, 1.807) is 12.4 Å². The smallest absolute Gasteiger partial charge is 0.338 e. The fourth-order valence-corrected chi connectivity index (χ4v) is 1.77. The molecule has 0 spiro atoms. The van der Waals surface area contributed by atoms with E-state index in [0.717, 1.165) is 11.3 Å². The molecule has 0 bridgehead atoms. The third-order valence-electron chi connectivity index (χ3n) is 2.87. The van der Waals surface area contributed by atoms with Gasteiger partial charge in [0, 0.05) is 24.2 Å². The van der Waals surface area contributed by atoms with Crippen LogP contribution in [-0.4, -0.2) is 30.8 Å². The van der Waals surface area contributed by atoms with Gasteiger partial charge in [-0.15, -0.1) is 0 Å². The summed E-state index contributed by atoms with van der Waals surface area (Å²) in [5.41, 5.74) is 0.887. The third-order valence-corrected chi connectivity index (χ3v) is 2.87. The highest BCUT2D eigenvalue weighted by atomic mass is 16.5. The Balaban J connectivity index is 1.68. The van der Waals surface area contributed by atoms with Gasteiger partial charge in [-0.3, -0.25) is 0 Å². The maximum absolute atomic E-state index is 10.8. The van der Waals surface area contributed by atoms with Crippen molar-refractivity contribution in [1.82, 2.24) is 19.7 Å². The number of aromatic carboxylic acids is 1. The van der Waals surface area contributed by atoms with Gasteiger partial charge in [0.05, 0.1) is 11.8 Å². The summed E-state index contributed by atoms with van der Waals surface area (Å²) in [4.78, 5) is 19.1. The van der Waals surface area contributed by atoms with E-state index in [1.807, 2.05) is 30.3 Å². The predicted molar refractivity (Wildman–Crippen MR) is 76.9 cm³/mol. The molecule has 7 heteroatoms. The highest BCUT2D eigenvalue weighted by Crippen LogP contribution is 2.11. The van der Waals surface area contributed by atoms with Crippen molar-refractivity contribution < 1.29 is 14.6 Å². The minimum Gasteiger partial charge on any atom is -0.489 e. The number of rotatable bonds is 5. The Hall–Kier alpha value is -3.22. The molecule has 7 nitrogen and oxygen atoms in total. The predicted octanol–water partition coefficient (Wildman–Crippen LogP) is 1.94. The third kappa shape index (κ3) is 3.09. The van der Waals surface area contributed by atoms with Crippen molar-refractivity contribution in [3.05, 3.63) is 66.2 Å². The van der Waals surface area contributed by atoms with Gasteiger partial charge in [0.15, 0.2) is 0 Å². The Labute approximate surface area is 125 Å². The molecular weight excluding hydrogens is 284 g/mol. The molecule has 1 aromatic carbocycles. The van der Waals surface area contributed by atoms with E-state index in [0.29, 0.717) is 12.6 Å². The maximum atomic E-state index is 10.8. The van der Waals surface area contributed by atoms with Gasteiger partial charge in [-0.1, -0.05) is 18.2 Å². The Morgan fingerprint density at radius 2 is 1.86 bits per heavy atom. The van der Waals surface area contributed by atoms with Crippen molar-refractivity contribution in [1.29, 1.82) is 0 Å². The quantitative estimate of drug-likeness (QED) is 0.773. The number of carbonyl (C=O) groups is 1. The van der Waals surface area contributed by atoms with Gasteiger partial charge in [-0.2, -0.15) is 5.10 Å². The lowest BCUT2D eigenvalue weighted by Crippen LogP contribution is -2.04. The van der Waals surface area contributed by atoms with Gasteiger partial charge < -0.3 is 9.84 Å². The van der Waals surface area contributed by atoms with Crippen molar-refractivity contribution in [2.75, 3.05) is 0 Å². The van der Waals surface area contributed by atoms with Crippen LogP contribution in [-0.2, 0) is 6.61 Å². The zero-order valence-corrected chi connectivity index (χ0v) is 11.5. The van der Waals surface area contributed by atoms with Gasteiger partial charge in [-0.25, -0.2) is 19.4 Å². The van der Waals surface area contributed by atoms with Gasteiger partial charge in [0.25, 0.3) is 0 Å². The largest absolute Gasteiger partial charge is 0.489 e. The van der Waals surface area contributed by atoms with E-state index in [1.165, 1.54) is 17.1 Å². The Morgan fingerprint density at radius 3 is 2.50 bits per heavy atom. The van der Waals surface area contributed by atoms with Crippen molar-refractivity contribution in [2.45, 2.75) is 6.61 Å².